The van der Waals surface area contributed by atoms with Crippen LogP contribution in [0.25, 0.3) is 10.2 Å². The number of aryl methyl sites for hydroxylation is 2. The molecule has 1 fully saturated rings. The van der Waals surface area contributed by atoms with Crippen LogP contribution in [-0.4, -0.2) is 36.3 Å². The minimum absolute atomic E-state index is 0.152. The fraction of sp³-hybridized carbons (Fsp3) is 0.333. The van der Waals surface area contributed by atoms with E-state index in [0.29, 0.717) is 29.2 Å². The van der Waals surface area contributed by atoms with E-state index in [-0.39, 0.29) is 17.3 Å². The van der Waals surface area contributed by atoms with E-state index in [4.69, 9.17) is 11.6 Å². The molecule has 1 unspecified atom stereocenters. The molecule has 1 amide bonds. The second kappa shape index (κ2) is 8.26. The quantitative estimate of drug-likeness (QED) is 0.594. The molecule has 0 aliphatic carbocycles. The highest BCUT2D eigenvalue weighted by Crippen LogP contribution is 2.27. The van der Waals surface area contributed by atoms with Crippen molar-refractivity contribution < 1.29 is 13.2 Å². The normalized spacial score (nSPS) is 18.8. The highest BCUT2D eigenvalue weighted by molar-refractivity contribution is 7.89. The fourth-order valence-electron chi connectivity index (χ4n) is 3.80. The second-order valence-electron chi connectivity index (χ2n) is 7.43. The molecule has 9 heteroatoms. The van der Waals surface area contributed by atoms with Gasteiger partial charge < -0.3 is 4.57 Å². The predicted octanol–water partition coefficient (Wildman–Crippen LogP) is 3.73. The smallest absolute Gasteiger partial charge is 0.252 e. The van der Waals surface area contributed by atoms with E-state index < -0.39 is 15.9 Å². The molecule has 0 spiro atoms. The summed E-state index contributed by atoms with van der Waals surface area (Å²) in [6.07, 6.45) is 1.26. The number of amides is 1. The third-order valence-corrected chi connectivity index (χ3v) is 8.86. The Labute approximate surface area is 184 Å². The number of sulfonamides is 1. The molecule has 2 heterocycles. The molecule has 0 radical (unpaired) electrons. The first-order valence-electron chi connectivity index (χ1n) is 9.67. The molecule has 2 aromatic carbocycles. The van der Waals surface area contributed by atoms with Crippen molar-refractivity contribution in [3.8, 4) is 0 Å². The number of halogens is 1. The van der Waals surface area contributed by atoms with Crippen molar-refractivity contribution in [3.05, 3.63) is 57.9 Å². The summed E-state index contributed by atoms with van der Waals surface area (Å²) in [5.41, 5.74) is 1.90. The number of piperidine rings is 1. The summed E-state index contributed by atoms with van der Waals surface area (Å²) < 4.78 is 30.1. The Balaban J connectivity index is 1.62. The Kier molecular flexibility index (Phi) is 5.85. The number of aromatic nitrogens is 1. The van der Waals surface area contributed by atoms with Gasteiger partial charge >= 0.3 is 0 Å². The van der Waals surface area contributed by atoms with E-state index >= 15 is 0 Å². The van der Waals surface area contributed by atoms with Crippen LogP contribution in [-0.2, 0) is 21.9 Å². The molecule has 0 bridgehead atoms. The average molecular weight is 464 g/mol. The summed E-state index contributed by atoms with van der Waals surface area (Å²) in [7, 11) is -1.76. The van der Waals surface area contributed by atoms with E-state index in [9.17, 15) is 13.2 Å². The van der Waals surface area contributed by atoms with E-state index in [2.05, 4.69) is 4.99 Å². The van der Waals surface area contributed by atoms with Crippen molar-refractivity contribution >= 4 is 49.1 Å². The van der Waals surface area contributed by atoms with Crippen LogP contribution in [0.2, 0.25) is 5.02 Å². The van der Waals surface area contributed by atoms with Gasteiger partial charge in [0.25, 0.3) is 5.91 Å². The third kappa shape index (κ3) is 3.85. The zero-order chi connectivity index (χ0) is 21.5. The lowest BCUT2D eigenvalue weighted by molar-refractivity contribution is -0.122. The molecular weight excluding hydrogens is 442 g/mol. The van der Waals surface area contributed by atoms with Crippen LogP contribution in [0, 0.1) is 12.8 Å². The van der Waals surface area contributed by atoms with Crippen molar-refractivity contribution in [3.63, 3.8) is 0 Å². The van der Waals surface area contributed by atoms with Crippen LogP contribution in [0.3, 0.4) is 0 Å². The van der Waals surface area contributed by atoms with Gasteiger partial charge in [0.05, 0.1) is 21.0 Å². The standard InChI is InChI=1S/C21H22ClN3O3S2/c1-14-17(22)10-11-18-19(14)24(2)21(29-18)23-20(26)15-7-6-12-25(13-15)30(27,28)16-8-4-3-5-9-16/h3-5,8-11,15H,6-7,12-13H2,1-2H3. The molecule has 0 N–H and O–H groups in total. The molecule has 1 saturated heterocycles. The number of rotatable bonds is 3. The Morgan fingerprint density at radius 1 is 1.20 bits per heavy atom. The summed E-state index contributed by atoms with van der Waals surface area (Å²) in [5.74, 6) is -0.735. The van der Waals surface area contributed by atoms with Gasteiger partial charge in [0.2, 0.25) is 10.0 Å². The zero-order valence-electron chi connectivity index (χ0n) is 16.7. The Hall–Kier alpha value is -2.00. The second-order valence-corrected chi connectivity index (χ2v) is 10.8. The molecule has 1 aliphatic heterocycles. The number of benzene rings is 2. The molecule has 4 rings (SSSR count). The molecule has 30 heavy (non-hydrogen) atoms. The van der Waals surface area contributed by atoms with Crippen molar-refractivity contribution in [1.82, 2.24) is 8.87 Å². The molecule has 158 valence electrons. The maximum atomic E-state index is 12.9. The van der Waals surface area contributed by atoms with Crippen LogP contribution < -0.4 is 4.80 Å². The minimum Gasteiger partial charge on any atom is -0.319 e. The van der Waals surface area contributed by atoms with Crippen LogP contribution in [0.15, 0.2) is 52.4 Å². The summed E-state index contributed by atoms with van der Waals surface area (Å²) in [6, 6.07) is 12.1. The summed E-state index contributed by atoms with van der Waals surface area (Å²) in [4.78, 5) is 18.1. The number of hydrogen-bond donors (Lipinski definition) is 0. The zero-order valence-corrected chi connectivity index (χ0v) is 19.1. The van der Waals surface area contributed by atoms with Gasteiger partial charge in [0.1, 0.15) is 0 Å². The average Bonchev–Trinajstić information content (AvgIpc) is 3.07. The Bertz CT molecular complexity index is 1280. The van der Waals surface area contributed by atoms with Crippen LogP contribution >= 0.6 is 22.9 Å². The van der Waals surface area contributed by atoms with Gasteiger partial charge in [-0.1, -0.05) is 41.1 Å². The number of fused-ring (bicyclic) bond motifs is 1. The van der Waals surface area contributed by atoms with Gasteiger partial charge in [-0.15, -0.1) is 0 Å². The van der Waals surface area contributed by atoms with E-state index in [1.165, 1.54) is 15.6 Å². The number of hydrogen-bond acceptors (Lipinski definition) is 4. The summed E-state index contributed by atoms with van der Waals surface area (Å²) >= 11 is 7.66. The van der Waals surface area contributed by atoms with Gasteiger partial charge in [-0.05, 0) is 49.6 Å². The highest BCUT2D eigenvalue weighted by Gasteiger charge is 2.33. The number of thiazole rings is 1. The van der Waals surface area contributed by atoms with Crippen LogP contribution in [0.4, 0.5) is 0 Å². The molecule has 1 aliphatic rings. The SMILES string of the molecule is Cc1c(Cl)ccc2sc(=NC(=O)C3CCCN(S(=O)(=O)c4ccccc4)C3)n(C)c12. The van der Waals surface area contributed by atoms with Gasteiger partial charge in [-0.3, -0.25) is 4.79 Å². The first-order valence-corrected chi connectivity index (χ1v) is 12.3. The minimum atomic E-state index is -3.62. The lowest BCUT2D eigenvalue weighted by Gasteiger charge is -2.30. The lowest BCUT2D eigenvalue weighted by atomic mass is 9.99. The highest BCUT2D eigenvalue weighted by atomic mass is 35.5. The molecule has 1 aromatic heterocycles. The van der Waals surface area contributed by atoms with Crippen LogP contribution in [0.5, 0.6) is 0 Å². The van der Waals surface area contributed by atoms with Gasteiger partial charge in [-0.25, -0.2) is 8.42 Å². The largest absolute Gasteiger partial charge is 0.319 e. The number of carbonyl (C=O) groups is 1. The molecule has 1 atom stereocenters. The molecule has 3 aromatic rings. The lowest BCUT2D eigenvalue weighted by Crippen LogP contribution is -2.42. The Morgan fingerprint density at radius 3 is 2.67 bits per heavy atom. The molecule has 0 saturated carbocycles. The molecular formula is C21H22ClN3O3S2. The number of carbonyl (C=O) groups excluding carboxylic acids is 1. The van der Waals surface area contributed by atoms with E-state index in [0.717, 1.165) is 15.8 Å². The van der Waals surface area contributed by atoms with Gasteiger partial charge in [0.15, 0.2) is 4.80 Å². The van der Waals surface area contributed by atoms with Crippen molar-refractivity contribution in [1.29, 1.82) is 0 Å². The van der Waals surface area contributed by atoms with Crippen molar-refractivity contribution in [2.45, 2.75) is 24.7 Å². The topological polar surface area (TPSA) is 71.7 Å². The van der Waals surface area contributed by atoms with Crippen molar-refractivity contribution in [2.24, 2.45) is 18.0 Å². The maximum Gasteiger partial charge on any atom is 0.252 e. The van der Waals surface area contributed by atoms with E-state index in [1.54, 1.807) is 30.3 Å². The van der Waals surface area contributed by atoms with Gasteiger partial charge in [0, 0.05) is 25.2 Å². The number of nitrogens with zero attached hydrogens (tertiary/aromatic N) is 3. The molecule has 6 nitrogen and oxygen atoms in total. The monoisotopic (exact) mass is 463 g/mol. The summed E-state index contributed by atoms with van der Waals surface area (Å²) in [5, 5.41) is 0.669. The maximum absolute atomic E-state index is 12.9. The predicted molar refractivity (Wildman–Crippen MR) is 119 cm³/mol. The Morgan fingerprint density at radius 2 is 1.93 bits per heavy atom. The van der Waals surface area contributed by atoms with E-state index in [1.807, 2.05) is 30.7 Å². The van der Waals surface area contributed by atoms with Gasteiger partial charge in [-0.2, -0.15) is 9.30 Å². The first kappa shape index (κ1) is 21.2. The first-order chi connectivity index (χ1) is 14.3. The van der Waals surface area contributed by atoms with Crippen molar-refractivity contribution in [2.75, 3.05) is 13.1 Å². The van der Waals surface area contributed by atoms with Crippen LogP contribution in [0.1, 0.15) is 18.4 Å². The summed E-state index contributed by atoms with van der Waals surface area (Å²) in [6.45, 7) is 2.50. The fourth-order valence-corrected chi connectivity index (χ4v) is 6.58. The third-order valence-electron chi connectivity index (χ3n) is 5.47.